The predicted molar refractivity (Wildman–Crippen MR) is 251 cm³/mol. The SMILES string of the molecule is CC(C)(C)c1ccnc(-n2c3ccccc3c3ccc(Oc4cccc(-n5c[n+](C6=C(c7ccccc7)C=CB7C=CC(c8ccccc8)=CN76)c6ccccc65)c4)cc32)c1. The van der Waals surface area contributed by atoms with Crippen molar-refractivity contribution in [2.24, 2.45) is 0 Å². The van der Waals surface area contributed by atoms with Gasteiger partial charge in [0.15, 0.2) is 0 Å². The minimum Gasteiger partial charge on any atom is -0.457 e. The van der Waals surface area contributed by atoms with Gasteiger partial charge in [-0.25, -0.2) is 14.1 Å². The van der Waals surface area contributed by atoms with E-state index < -0.39 is 0 Å². The summed E-state index contributed by atoms with van der Waals surface area (Å²) in [6.07, 6.45) is 10.9. The molecule has 0 saturated carbocycles. The van der Waals surface area contributed by atoms with Crippen molar-refractivity contribution in [2.75, 3.05) is 0 Å². The van der Waals surface area contributed by atoms with Crippen molar-refractivity contribution in [3.8, 4) is 23.0 Å². The van der Waals surface area contributed by atoms with Gasteiger partial charge in [-0.15, -0.1) is 0 Å². The van der Waals surface area contributed by atoms with Crippen molar-refractivity contribution in [1.29, 1.82) is 0 Å². The zero-order valence-corrected chi connectivity index (χ0v) is 34.4. The van der Waals surface area contributed by atoms with Crippen LogP contribution in [0.4, 0.5) is 0 Å². The maximum Gasteiger partial charge on any atom is 0.392 e. The Bertz CT molecular complexity index is 3280. The Morgan fingerprint density at radius 3 is 2.13 bits per heavy atom. The van der Waals surface area contributed by atoms with E-state index in [4.69, 9.17) is 9.72 Å². The first kappa shape index (κ1) is 36.4. The van der Waals surface area contributed by atoms with E-state index in [9.17, 15) is 0 Å². The Hall–Kier alpha value is -7.64. The number of pyridine rings is 1. The minimum atomic E-state index is -0.00903. The van der Waals surface area contributed by atoms with Gasteiger partial charge < -0.3 is 9.55 Å². The number of rotatable bonds is 7. The summed E-state index contributed by atoms with van der Waals surface area (Å²) >= 11 is 0. The number of imidazole rings is 1. The van der Waals surface area contributed by atoms with Crippen LogP contribution in [0.5, 0.6) is 11.5 Å². The second-order valence-electron chi connectivity index (χ2n) is 16.8. The largest absolute Gasteiger partial charge is 0.457 e. The van der Waals surface area contributed by atoms with Crippen molar-refractivity contribution in [1.82, 2.24) is 18.9 Å². The van der Waals surface area contributed by atoms with E-state index in [0.717, 1.165) is 67.4 Å². The number of ether oxygens (including phenoxy) is 1. The third-order valence-corrected chi connectivity index (χ3v) is 11.9. The molecule has 0 radical (unpaired) electrons. The first-order valence-electron chi connectivity index (χ1n) is 20.9. The molecule has 9 aromatic rings. The molecular formula is C54H43BN5O+. The summed E-state index contributed by atoms with van der Waals surface area (Å²) in [6, 6.07) is 57.5. The second kappa shape index (κ2) is 14.6. The van der Waals surface area contributed by atoms with E-state index in [1.165, 1.54) is 22.1 Å². The number of fused-ring (bicyclic) bond motifs is 5. The molecule has 61 heavy (non-hydrogen) atoms. The van der Waals surface area contributed by atoms with Crippen molar-refractivity contribution < 1.29 is 9.30 Å². The molecule has 0 atom stereocenters. The van der Waals surface area contributed by atoms with Crippen molar-refractivity contribution in [3.05, 3.63) is 223 Å². The third-order valence-electron chi connectivity index (χ3n) is 11.9. The van der Waals surface area contributed by atoms with Crippen LogP contribution >= 0.6 is 0 Å². The molecule has 0 fully saturated rings. The molecule has 6 nitrogen and oxygen atoms in total. The number of hydrogen-bond acceptors (Lipinski definition) is 3. The van der Waals surface area contributed by atoms with E-state index in [1.807, 2.05) is 12.3 Å². The van der Waals surface area contributed by atoms with Gasteiger partial charge in [0.2, 0.25) is 12.1 Å². The Kier molecular flexibility index (Phi) is 8.71. The molecule has 7 heteroatoms. The quantitative estimate of drug-likeness (QED) is 0.119. The lowest BCUT2D eigenvalue weighted by Gasteiger charge is -2.30. The molecular weight excluding hydrogens is 745 g/mol. The first-order chi connectivity index (χ1) is 29.9. The van der Waals surface area contributed by atoms with E-state index in [2.05, 4.69) is 234 Å². The van der Waals surface area contributed by atoms with Gasteiger partial charge >= 0.3 is 6.85 Å². The molecule has 0 bridgehead atoms. The summed E-state index contributed by atoms with van der Waals surface area (Å²) in [7, 11) is 0. The van der Waals surface area contributed by atoms with Crippen LogP contribution in [0, 0.1) is 0 Å². The lowest BCUT2D eigenvalue weighted by molar-refractivity contribution is -0.561. The highest BCUT2D eigenvalue weighted by Gasteiger charge is 2.36. The zero-order valence-electron chi connectivity index (χ0n) is 34.4. The summed E-state index contributed by atoms with van der Waals surface area (Å²) < 4.78 is 13.6. The Morgan fingerprint density at radius 1 is 0.607 bits per heavy atom. The molecule has 6 aromatic carbocycles. The van der Waals surface area contributed by atoms with Crippen LogP contribution in [0.25, 0.3) is 61.3 Å². The maximum absolute atomic E-state index is 6.75. The molecule has 292 valence electrons. The van der Waals surface area contributed by atoms with Gasteiger partial charge in [0.25, 0.3) is 0 Å². The average Bonchev–Trinajstić information content (AvgIpc) is 3.85. The predicted octanol–water partition coefficient (Wildman–Crippen LogP) is 12.4. The fraction of sp³-hybridized carbons (Fsp3) is 0.0741. The third kappa shape index (κ3) is 6.46. The number of allylic oxidation sites excluding steroid dienone is 4. The van der Waals surface area contributed by atoms with Crippen molar-refractivity contribution in [3.63, 3.8) is 0 Å². The Morgan fingerprint density at radius 2 is 1.31 bits per heavy atom. The molecule has 2 aliphatic heterocycles. The van der Waals surface area contributed by atoms with Gasteiger partial charge in [0.1, 0.15) is 34.0 Å². The monoisotopic (exact) mass is 788 g/mol. The topological polar surface area (TPSA) is 39.1 Å². The maximum atomic E-state index is 6.75. The zero-order chi connectivity index (χ0) is 41.1. The highest BCUT2D eigenvalue weighted by atomic mass is 16.5. The highest BCUT2D eigenvalue weighted by molar-refractivity contribution is 6.69. The van der Waals surface area contributed by atoms with E-state index in [-0.39, 0.29) is 12.3 Å². The molecule has 0 amide bonds. The van der Waals surface area contributed by atoms with E-state index in [0.29, 0.717) is 0 Å². The number of benzene rings is 6. The summed E-state index contributed by atoms with van der Waals surface area (Å²) in [6.45, 7) is 6.78. The molecule has 0 spiro atoms. The number of aromatic nitrogens is 4. The normalized spacial score (nSPS) is 14.0. The molecule has 0 saturated heterocycles. The van der Waals surface area contributed by atoms with Crippen LogP contribution in [0.1, 0.15) is 37.5 Å². The van der Waals surface area contributed by atoms with Crippen LogP contribution in [0.2, 0.25) is 0 Å². The van der Waals surface area contributed by atoms with E-state index in [1.54, 1.807) is 0 Å². The second-order valence-corrected chi connectivity index (χ2v) is 16.8. The van der Waals surface area contributed by atoms with Crippen LogP contribution in [-0.4, -0.2) is 25.8 Å². The molecule has 0 aliphatic carbocycles. The van der Waals surface area contributed by atoms with Gasteiger partial charge in [-0.3, -0.25) is 4.57 Å². The van der Waals surface area contributed by atoms with Gasteiger partial charge in [0, 0.05) is 34.7 Å². The Labute approximate surface area is 356 Å². The van der Waals surface area contributed by atoms with Gasteiger partial charge in [-0.2, -0.15) is 0 Å². The lowest BCUT2D eigenvalue weighted by Crippen LogP contribution is -2.47. The number of para-hydroxylation sites is 3. The van der Waals surface area contributed by atoms with Crippen molar-refractivity contribution >= 4 is 56.7 Å². The molecule has 0 unspecified atom stereocenters. The summed E-state index contributed by atoms with van der Waals surface area (Å²) in [5, 5.41) is 2.33. The van der Waals surface area contributed by atoms with Crippen molar-refractivity contribution in [2.45, 2.75) is 26.2 Å². The lowest BCUT2D eigenvalue weighted by atomic mass is 9.56. The van der Waals surface area contributed by atoms with Crippen LogP contribution in [0.3, 0.4) is 0 Å². The molecule has 0 N–H and O–H groups in total. The van der Waals surface area contributed by atoms with Gasteiger partial charge in [-0.1, -0.05) is 142 Å². The highest BCUT2D eigenvalue weighted by Crippen LogP contribution is 2.38. The minimum absolute atomic E-state index is 0.00903. The van der Waals surface area contributed by atoms with Crippen LogP contribution < -0.4 is 9.30 Å². The molecule has 11 rings (SSSR count). The summed E-state index contributed by atoms with van der Waals surface area (Å²) in [4.78, 5) is 7.29. The first-order valence-corrected chi connectivity index (χ1v) is 20.9. The molecule has 2 aliphatic rings. The smallest absolute Gasteiger partial charge is 0.392 e. The fourth-order valence-corrected chi connectivity index (χ4v) is 8.83. The number of nitrogens with zero attached hydrogens (tertiary/aromatic N) is 5. The Balaban J connectivity index is 1.01. The number of hydrogen-bond donors (Lipinski definition) is 0. The molecule has 3 aromatic heterocycles. The summed E-state index contributed by atoms with van der Waals surface area (Å²) in [5.41, 5.74) is 11.2. The standard InChI is InChI=1S/C54H43BN5O/c1-54(2,3)41-29-32-56-52(33-41)60-48-22-11-10-21-46(48)47-26-25-44(35-51(47)60)61-43-20-14-19-42(34-43)57-37-58(50-24-13-12-23-49(50)57)53-45(39-17-8-5-9-18-39)28-31-55-30-27-40(36-59(53)55)38-15-6-4-7-16-38/h4-37H,1-3H3/q+1. The van der Waals surface area contributed by atoms with Gasteiger partial charge in [-0.05, 0) is 76.7 Å². The van der Waals surface area contributed by atoms with E-state index >= 15 is 0 Å². The summed E-state index contributed by atoms with van der Waals surface area (Å²) in [5.74, 6) is 8.06. The van der Waals surface area contributed by atoms with Gasteiger partial charge in [0.05, 0.1) is 22.8 Å². The van der Waals surface area contributed by atoms with Crippen LogP contribution in [-0.2, 0) is 5.41 Å². The average molecular weight is 789 g/mol. The molecule has 5 heterocycles. The van der Waals surface area contributed by atoms with Crippen LogP contribution in [0.15, 0.2) is 207 Å². The fourth-order valence-electron chi connectivity index (χ4n) is 8.83.